The third kappa shape index (κ3) is 3.16. The first-order valence-electron chi connectivity index (χ1n) is 5.60. The molecule has 0 unspecified atom stereocenters. The van der Waals surface area contributed by atoms with E-state index in [0.717, 1.165) is 25.3 Å². The molecule has 0 amide bonds. The molecule has 0 radical (unpaired) electrons. The first-order chi connectivity index (χ1) is 7.40. The van der Waals surface area contributed by atoms with E-state index >= 15 is 0 Å². The van der Waals surface area contributed by atoms with Crippen molar-refractivity contribution < 1.29 is 0 Å². The van der Waals surface area contributed by atoms with Gasteiger partial charge in [-0.2, -0.15) is 0 Å². The first kappa shape index (κ1) is 10.4. The van der Waals surface area contributed by atoms with E-state index in [9.17, 15) is 0 Å². The third-order valence-electron chi connectivity index (χ3n) is 2.59. The fraction of sp³-hybridized carbons (Fsp3) is 0.636. The minimum absolute atomic E-state index is 0.700. The Labute approximate surface area is 90.5 Å². The van der Waals surface area contributed by atoms with Gasteiger partial charge in [-0.25, -0.2) is 9.97 Å². The van der Waals surface area contributed by atoms with Crippen LogP contribution in [0.25, 0.3) is 0 Å². The van der Waals surface area contributed by atoms with E-state index in [4.69, 9.17) is 0 Å². The Morgan fingerprint density at radius 1 is 1.33 bits per heavy atom. The van der Waals surface area contributed by atoms with Gasteiger partial charge in [0.2, 0.25) is 0 Å². The molecule has 0 spiro atoms. The van der Waals surface area contributed by atoms with Crippen LogP contribution in [0.3, 0.4) is 0 Å². The minimum Gasteiger partial charge on any atom is -0.370 e. The first-order valence-corrected chi connectivity index (χ1v) is 5.60. The Morgan fingerprint density at radius 3 is 2.93 bits per heavy atom. The van der Waals surface area contributed by atoms with Gasteiger partial charge in [0.1, 0.15) is 12.1 Å². The molecule has 4 heteroatoms. The van der Waals surface area contributed by atoms with Gasteiger partial charge < -0.3 is 10.6 Å². The van der Waals surface area contributed by atoms with Crippen LogP contribution in [0.4, 0.5) is 5.82 Å². The van der Waals surface area contributed by atoms with Gasteiger partial charge in [0.25, 0.3) is 0 Å². The van der Waals surface area contributed by atoms with Crippen LogP contribution in [-0.2, 0) is 0 Å². The zero-order chi connectivity index (χ0) is 10.5. The van der Waals surface area contributed by atoms with Crippen molar-refractivity contribution in [3.05, 3.63) is 18.1 Å². The molecule has 0 aromatic carbocycles. The number of aromatic nitrogens is 2. The van der Waals surface area contributed by atoms with Gasteiger partial charge in [0.05, 0.1) is 0 Å². The smallest absolute Gasteiger partial charge is 0.129 e. The molecule has 1 aromatic heterocycles. The Balaban J connectivity index is 1.82. The van der Waals surface area contributed by atoms with Crippen molar-refractivity contribution in [2.45, 2.75) is 25.2 Å². The second-order valence-electron chi connectivity index (χ2n) is 3.99. The van der Waals surface area contributed by atoms with E-state index in [0.29, 0.717) is 5.92 Å². The van der Waals surface area contributed by atoms with Crippen molar-refractivity contribution in [3.63, 3.8) is 0 Å². The lowest BCUT2D eigenvalue weighted by Gasteiger charge is -2.05. The Bertz CT molecular complexity index is 309. The molecule has 1 heterocycles. The van der Waals surface area contributed by atoms with Gasteiger partial charge in [0, 0.05) is 24.2 Å². The highest BCUT2D eigenvalue weighted by Crippen LogP contribution is 2.39. The standard InChI is InChI=1S/C11H18N4/c1-12-5-2-6-13-11-7-10(9-3-4-9)14-8-15-11/h7-9,12H,2-6H2,1H3,(H,13,14,15). The zero-order valence-electron chi connectivity index (χ0n) is 9.16. The van der Waals surface area contributed by atoms with Crippen LogP contribution in [0, 0.1) is 0 Å². The summed E-state index contributed by atoms with van der Waals surface area (Å²) in [5, 5.41) is 6.43. The molecule has 15 heavy (non-hydrogen) atoms. The van der Waals surface area contributed by atoms with Gasteiger partial charge in [-0.05, 0) is 32.9 Å². The predicted molar refractivity (Wildman–Crippen MR) is 61.0 cm³/mol. The molecule has 1 saturated carbocycles. The normalized spacial score (nSPS) is 15.3. The molecule has 1 aromatic rings. The summed E-state index contributed by atoms with van der Waals surface area (Å²) in [5.41, 5.74) is 1.20. The van der Waals surface area contributed by atoms with Crippen LogP contribution in [0.15, 0.2) is 12.4 Å². The predicted octanol–water partition coefficient (Wildman–Crippen LogP) is 1.38. The number of nitrogens with one attached hydrogen (secondary N) is 2. The third-order valence-corrected chi connectivity index (χ3v) is 2.59. The number of anilines is 1. The van der Waals surface area contributed by atoms with Crippen molar-refractivity contribution in [1.29, 1.82) is 0 Å². The Kier molecular flexibility index (Phi) is 3.50. The fourth-order valence-corrected chi connectivity index (χ4v) is 1.55. The molecule has 2 N–H and O–H groups in total. The van der Waals surface area contributed by atoms with E-state index in [1.54, 1.807) is 6.33 Å². The molecule has 0 atom stereocenters. The SMILES string of the molecule is CNCCCNc1cc(C2CC2)ncn1. The van der Waals surface area contributed by atoms with Gasteiger partial charge >= 0.3 is 0 Å². The number of rotatable bonds is 6. The molecule has 82 valence electrons. The second kappa shape index (κ2) is 5.07. The highest BCUT2D eigenvalue weighted by atomic mass is 15.0. The van der Waals surface area contributed by atoms with Gasteiger partial charge in [-0.15, -0.1) is 0 Å². The molecule has 4 nitrogen and oxygen atoms in total. The molecule has 1 fully saturated rings. The summed E-state index contributed by atoms with van der Waals surface area (Å²) in [5.74, 6) is 1.66. The minimum atomic E-state index is 0.700. The highest BCUT2D eigenvalue weighted by Gasteiger charge is 2.25. The topological polar surface area (TPSA) is 49.8 Å². The average molecular weight is 206 g/mol. The summed E-state index contributed by atoms with van der Waals surface area (Å²) in [6.45, 7) is 2.00. The lowest BCUT2D eigenvalue weighted by atomic mass is 10.3. The molecular formula is C11H18N4. The summed E-state index contributed by atoms with van der Waals surface area (Å²) in [7, 11) is 1.97. The van der Waals surface area contributed by atoms with E-state index in [1.807, 2.05) is 7.05 Å². The number of nitrogens with zero attached hydrogens (tertiary/aromatic N) is 2. The van der Waals surface area contributed by atoms with Crippen LogP contribution >= 0.6 is 0 Å². The summed E-state index contributed by atoms with van der Waals surface area (Å²) in [6, 6.07) is 2.08. The maximum atomic E-state index is 4.28. The summed E-state index contributed by atoms with van der Waals surface area (Å²) >= 11 is 0. The van der Waals surface area contributed by atoms with E-state index in [-0.39, 0.29) is 0 Å². The molecule has 1 aliphatic carbocycles. The Hall–Kier alpha value is -1.16. The Morgan fingerprint density at radius 2 is 2.20 bits per heavy atom. The van der Waals surface area contributed by atoms with Crippen LogP contribution in [0.5, 0.6) is 0 Å². The van der Waals surface area contributed by atoms with Crippen LogP contribution in [0.1, 0.15) is 30.9 Å². The second-order valence-corrected chi connectivity index (χ2v) is 3.99. The lowest BCUT2D eigenvalue weighted by Crippen LogP contribution is -2.13. The van der Waals surface area contributed by atoms with Crippen molar-refractivity contribution in [2.75, 3.05) is 25.5 Å². The van der Waals surface area contributed by atoms with Crippen molar-refractivity contribution in [1.82, 2.24) is 15.3 Å². The number of hydrogen-bond acceptors (Lipinski definition) is 4. The maximum Gasteiger partial charge on any atom is 0.129 e. The highest BCUT2D eigenvalue weighted by molar-refractivity contribution is 5.36. The van der Waals surface area contributed by atoms with Gasteiger partial charge in [-0.3, -0.25) is 0 Å². The average Bonchev–Trinajstić information content (AvgIpc) is 3.09. The summed E-state index contributed by atoms with van der Waals surface area (Å²) in [6.07, 6.45) is 5.35. The van der Waals surface area contributed by atoms with E-state index < -0.39 is 0 Å². The fourth-order valence-electron chi connectivity index (χ4n) is 1.55. The van der Waals surface area contributed by atoms with E-state index in [1.165, 1.54) is 18.5 Å². The molecule has 1 aliphatic rings. The van der Waals surface area contributed by atoms with Crippen molar-refractivity contribution in [3.8, 4) is 0 Å². The summed E-state index contributed by atoms with van der Waals surface area (Å²) in [4.78, 5) is 8.49. The zero-order valence-corrected chi connectivity index (χ0v) is 9.16. The molecule has 0 bridgehead atoms. The maximum absolute atomic E-state index is 4.28. The number of hydrogen-bond donors (Lipinski definition) is 2. The van der Waals surface area contributed by atoms with Crippen molar-refractivity contribution in [2.24, 2.45) is 0 Å². The quantitative estimate of drug-likeness (QED) is 0.690. The largest absolute Gasteiger partial charge is 0.370 e. The molecule has 2 rings (SSSR count). The van der Waals surface area contributed by atoms with Crippen LogP contribution in [0.2, 0.25) is 0 Å². The van der Waals surface area contributed by atoms with Gasteiger partial charge in [-0.1, -0.05) is 0 Å². The van der Waals surface area contributed by atoms with Crippen LogP contribution < -0.4 is 10.6 Å². The van der Waals surface area contributed by atoms with E-state index in [2.05, 4.69) is 26.7 Å². The monoisotopic (exact) mass is 206 g/mol. The van der Waals surface area contributed by atoms with Crippen molar-refractivity contribution >= 4 is 5.82 Å². The lowest BCUT2D eigenvalue weighted by molar-refractivity contribution is 0.746. The molecular weight excluding hydrogens is 188 g/mol. The molecule has 0 saturated heterocycles. The van der Waals surface area contributed by atoms with Crippen LogP contribution in [-0.4, -0.2) is 30.1 Å². The molecule has 0 aliphatic heterocycles. The van der Waals surface area contributed by atoms with Gasteiger partial charge in [0.15, 0.2) is 0 Å². The summed E-state index contributed by atoms with van der Waals surface area (Å²) < 4.78 is 0.